The van der Waals surface area contributed by atoms with E-state index < -0.39 is 24.5 Å². The molecule has 0 heterocycles. The molecule has 0 unspecified atom stereocenters. The van der Waals surface area contributed by atoms with Gasteiger partial charge in [0.05, 0.1) is 12.7 Å². The van der Waals surface area contributed by atoms with Crippen molar-refractivity contribution in [1.29, 1.82) is 0 Å². The van der Waals surface area contributed by atoms with Crippen LogP contribution in [0.4, 0.5) is 8.78 Å². The SMILES string of the molecule is CCCC[C@H](NC(=O)c1ccc(OC)cc1OC(F)F)C(=O)O. The van der Waals surface area contributed by atoms with Crippen LogP contribution in [-0.2, 0) is 4.79 Å². The molecule has 128 valence electrons. The molecule has 0 radical (unpaired) electrons. The maximum atomic E-state index is 12.5. The summed E-state index contributed by atoms with van der Waals surface area (Å²) in [6, 6.07) is 2.69. The van der Waals surface area contributed by atoms with Crippen molar-refractivity contribution >= 4 is 11.9 Å². The number of benzene rings is 1. The summed E-state index contributed by atoms with van der Waals surface area (Å²) >= 11 is 0. The molecule has 1 atom stereocenters. The predicted octanol–water partition coefficient (Wildman–Crippen LogP) is 2.67. The number of amides is 1. The fourth-order valence-corrected chi connectivity index (χ4v) is 1.91. The van der Waals surface area contributed by atoms with Crippen LogP contribution in [0.3, 0.4) is 0 Å². The lowest BCUT2D eigenvalue weighted by Gasteiger charge is -2.16. The molecule has 0 saturated carbocycles. The van der Waals surface area contributed by atoms with Crippen molar-refractivity contribution in [3.63, 3.8) is 0 Å². The molecule has 1 amide bonds. The molecular formula is C15H19F2NO5. The maximum absolute atomic E-state index is 12.5. The molecule has 0 saturated heterocycles. The number of carbonyl (C=O) groups is 2. The van der Waals surface area contributed by atoms with Crippen LogP contribution in [-0.4, -0.2) is 36.7 Å². The van der Waals surface area contributed by atoms with Gasteiger partial charge in [-0.05, 0) is 18.6 Å². The normalized spacial score (nSPS) is 11.9. The van der Waals surface area contributed by atoms with Gasteiger partial charge in [0.1, 0.15) is 17.5 Å². The Bertz CT molecular complexity index is 551. The van der Waals surface area contributed by atoms with Crippen molar-refractivity contribution < 1.29 is 33.0 Å². The molecule has 1 rings (SSSR count). The van der Waals surface area contributed by atoms with E-state index in [0.717, 1.165) is 12.5 Å². The van der Waals surface area contributed by atoms with Crippen molar-refractivity contribution in [2.45, 2.75) is 38.8 Å². The number of rotatable bonds is 9. The van der Waals surface area contributed by atoms with E-state index in [4.69, 9.17) is 9.84 Å². The van der Waals surface area contributed by atoms with E-state index >= 15 is 0 Å². The average Bonchev–Trinajstić information content (AvgIpc) is 2.50. The molecule has 0 aliphatic heterocycles. The van der Waals surface area contributed by atoms with Crippen LogP contribution in [0, 0.1) is 0 Å². The molecule has 0 aromatic heterocycles. The van der Waals surface area contributed by atoms with E-state index in [9.17, 15) is 18.4 Å². The Morgan fingerprint density at radius 3 is 2.57 bits per heavy atom. The van der Waals surface area contributed by atoms with E-state index in [-0.39, 0.29) is 23.5 Å². The topological polar surface area (TPSA) is 84.9 Å². The highest BCUT2D eigenvalue weighted by molar-refractivity contribution is 5.99. The van der Waals surface area contributed by atoms with Crippen LogP contribution >= 0.6 is 0 Å². The predicted molar refractivity (Wildman–Crippen MR) is 78.0 cm³/mol. The van der Waals surface area contributed by atoms with Gasteiger partial charge in [-0.3, -0.25) is 4.79 Å². The van der Waals surface area contributed by atoms with Crippen LogP contribution in [0.25, 0.3) is 0 Å². The standard InChI is InChI=1S/C15H19F2NO5/c1-3-4-5-11(14(20)21)18-13(19)10-7-6-9(22-2)8-12(10)23-15(16)17/h6-8,11,15H,3-5H2,1-2H3,(H,18,19)(H,20,21)/t11-/m0/s1. The van der Waals surface area contributed by atoms with Crippen LogP contribution in [0.15, 0.2) is 18.2 Å². The molecule has 23 heavy (non-hydrogen) atoms. The first-order valence-corrected chi connectivity index (χ1v) is 7.05. The largest absolute Gasteiger partial charge is 0.497 e. The zero-order chi connectivity index (χ0) is 17.4. The smallest absolute Gasteiger partial charge is 0.387 e. The van der Waals surface area contributed by atoms with E-state index in [0.29, 0.717) is 6.42 Å². The summed E-state index contributed by atoms with van der Waals surface area (Å²) < 4.78 is 34.1. The average molecular weight is 331 g/mol. The molecular weight excluding hydrogens is 312 g/mol. The van der Waals surface area contributed by atoms with Crippen LogP contribution in [0.2, 0.25) is 0 Å². The summed E-state index contributed by atoms with van der Waals surface area (Å²) in [5, 5.41) is 11.4. The van der Waals surface area contributed by atoms with Crippen molar-refractivity contribution in [2.24, 2.45) is 0 Å². The van der Waals surface area contributed by atoms with Crippen molar-refractivity contribution in [2.75, 3.05) is 7.11 Å². The van der Waals surface area contributed by atoms with Crippen LogP contribution in [0.5, 0.6) is 11.5 Å². The van der Waals surface area contributed by atoms with Gasteiger partial charge in [0, 0.05) is 6.07 Å². The number of carboxylic acid groups (broad SMARTS) is 1. The van der Waals surface area contributed by atoms with Gasteiger partial charge in [-0.25, -0.2) is 4.79 Å². The summed E-state index contributed by atoms with van der Waals surface area (Å²) in [5.41, 5.74) is -0.186. The molecule has 0 aliphatic carbocycles. The maximum Gasteiger partial charge on any atom is 0.387 e. The van der Waals surface area contributed by atoms with E-state index in [1.165, 1.54) is 19.2 Å². The Morgan fingerprint density at radius 2 is 2.04 bits per heavy atom. The van der Waals surface area contributed by atoms with Crippen molar-refractivity contribution in [3.8, 4) is 11.5 Å². The molecule has 1 aromatic carbocycles. The molecule has 0 spiro atoms. The van der Waals surface area contributed by atoms with Gasteiger partial charge in [0.25, 0.3) is 5.91 Å². The lowest BCUT2D eigenvalue weighted by molar-refractivity contribution is -0.139. The van der Waals surface area contributed by atoms with Gasteiger partial charge < -0.3 is 19.9 Å². The molecule has 8 heteroatoms. The van der Waals surface area contributed by atoms with Gasteiger partial charge in [-0.15, -0.1) is 0 Å². The fourth-order valence-electron chi connectivity index (χ4n) is 1.91. The zero-order valence-corrected chi connectivity index (χ0v) is 12.8. The van der Waals surface area contributed by atoms with Gasteiger partial charge >= 0.3 is 12.6 Å². The third-order valence-corrected chi connectivity index (χ3v) is 3.10. The molecule has 0 fully saturated rings. The molecule has 6 nitrogen and oxygen atoms in total. The second-order valence-corrected chi connectivity index (χ2v) is 4.75. The van der Waals surface area contributed by atoms with Crippen molar-refractivity contribution in [1.82, 2.24) is 5.32 Å². The second kappa shape index (κ2) is 8.92. The third kappa shape index (κ3) is 5.72. The minimum atomic E-state index is -3.12. The van der Waals surface area contributed by atoms with Gasteiger partial charge in [0.2, 0.25) is 0 Å². The Kier molecular flexibility index (Phi) is 7.24. The van der Waals surface area contributed by atoms with Gasteiger partial charge in [0.15, 0.2) is 0 Å². The highest BCUT2D eigenvalue weighted by Gasteiger charge is 2.23. The van der Waals surface area contributed by atoms with Gasteiger partial charge in [-0.2, -0.15) is 8.78 Å². The Balaban J connectivity index is 2.98. The van der Waals surface area contributed by atoms with E-state index in [2.05, 4.69) is 10.1 Å². The summed E-state index contributed by atoms with van der Waals surface area (Å²) in [4.78, 5) is 23.3. The first kappa shape index (κ1) is 18.7. The summed E-state index contributed by atoms with van der Waals surface area (Å²) in [6.45, 7) is -1.23. The summed E-state index contributed by atoms with van der Waals surface area (Å²) in [6.07, 6.45) is 1.63. The molecule has 2 N–H and O–H groups in total. The lowest BCUT2D eigenvalue weighted by atomic mass is 10.1. The Hall–Kier alpha value is -2.38. The number of methoxy groups -OCH3 is 1. The quantitative estimate of drug-likeness (QED) is 0.727. The number of ether oxygens (including phenoxy) is 2. The molecule has 1 aromatic rings. The first-order valence-electron chi connectivity index (χ1n) is 7.05. The van der Waals surface area contributed by atoms with Crippen LogP contribution in [0.1, 0.15) is 36.5 Å². The summed E-state index contributed by atoms with van der Waals surface area (Å²) in [7, 11) is 1.34. The number of nitrogens with one attached hydrogen (secondary N) is 1. The monoisotopic (exact) mass is 331 g/mol. The lowest BCUT2D eigenvalue weighted by Crippen LogP contribution is -2.40. The minimum absolute atomic E-state index is 0.186. The number of carbonyl (C=O) groups excluding carboxylic acids is 1. The Labute approximate surface area is 132 Å². The number of hydrogen-bond donors (Lipinski definition) is 2. The Morgan fingerprint density at radius 1 is 1.35 bits per heavy atom. The molecule has 0 aliphatic rings. The number of halogens is 2. The number of unbranched alkanes of at least 4 members (excludes halogenated alkanes) is 1. The fraction of sp³-hybridized carbons (Fsp3) is 0.467. The zero-order valence-electron chi connectivity index (χ0n) is 12.8. The highest BCUT2D eigenvalue weighted by Crippen LogP contribution is 2.26. The first-order chi connectivity index (χ1) is 10.9. The molecule has 0 bridgehead atoms. The number of alkyl halides is 2. The number of aliphatic carboxylic acids is 1. The third-order valence-electron chi connectivity index (χ3n) is 3.10. The van der Waals surface area contributed by atoms with E-state index in [1.54, 1.807) is 0 Å². The second-order valence-electron chi connectivity index (χ2n) is 4.75. The number of carboxylic acids is 1. The van der Waals surface area contributed by atoms with Crippen molar-refractivity contribution in [3.05, 3.63) is 23.8 Å². The minimum Gasteiger partial charge on any atom is -0.497 e. The number of hydrogen-bond acceptors (Lipinski definition) is 4. The van der Waals surface area contributed by atoms with Gasteiger partial charge in [-0.1, -0.05) is 19.8 Å². The van der Waals surface area contributed by atoms with E-state index in [1.807, 2.05) is 6.92 Å². The highest BCUT2D eigenvalue weighted by atomic mass is 19.3. The van der Waals surface area contributed by atoms with Crippen LogP contribution < -0.4 is 14.8 Å². The summed E-state index contributed by atoms with van der Waals surface area (Å²) in [5.74, 6) is -2.13.